The normalized spacial score (nSPS) is 24.5. The lowest BCUT2D eigenvalue weighted by molar-refractivity contribution is -0.588. The molecule has 27 heteroatoms. The van der Waals surface area contributed by atoms with Gasteiger partial charge in [0.05, 0.1) is 18.2 Å². The molecule has 1 fully saturated rings. The fraction of sp³-hybridized carbons (Fsp3) is 0.449. The molecule has 4 aliphatic rings. The standard InChI is InChI=1S/C49H61N6O18P3/c1-26-22-48(3,4)52-35-20-37-33(18-31(26)35)41(34-19-32-27(2)23-49(5,6)53-36(32)21-38(34)70-37)29-13-8-9-14-30(29)45(60)54(7)17-11-15-40(56)50-16-10-12-28-24-55(47(61)51-44(28)59)46-43(58)42(57)39(71-46)25-69-75(65,66)73-76(67,68)72-74(62,63)64/h8-10,12-14,18-21,24,26-27,39,42-43,46,52,57-58H,11,15-17,22-23,25H2,1-7H3,(H,50,56)(H,65,66)(H,67,68)(H,51,59,61)(H2,62,63,64)/b12-10+/t26?,27?,39-,42-,43-,46-/m1/s1. The number of nitrogens with one attached hydrogen (secondary N) is 4. The van der Waals surface area contributed by atoms with Gasteiger partial charge in [0.15, 0.2) is 11.8 Å². The van der Waals surface area contributed by atoms with Crippen molar-refractivity contribution in [2.75, 3.05) is 32.1 Å². The molecule has 0 aliphatic carbocycles. The largest absolute Gasteiger partial charge is 0.756 e. The van der Waals surface area contributed by atoms with Gasteiger partial charge < -0.3 is 54.8 Å². The number of aromatic amines is 1. The fourth-order valence-electron chi connectivity index (χ4n) is 10.4. The summed E-state index contributed by atoms with van der Waals surface area (Å²) in [4.78, 5) is 98.7. The van der Waals surface area contributed by atoms with Crippen LogP contribution in [0.15, 0.2) is 70.4 Å². The summed E-state index contributed by atoms with van der Waals surface area (Å²) in [5.41, 5.74) is 3.98. The van der Waals surface area contributed by atoms with Gasteiger partial charge in [-0.05, 0) is 81.7 Å². The Bertz CT molecular complexity index is 3410. The van der Waals surface area contributed by atoms with Crippen molar-refractivity contribution >= 4 is 52.6 Å². The highest BCUT2D eigenvalue weighted by molar-refractivity contribution is 7.66. The van der Waals surface area contributed by atoms with Crippen LogP contribution in [0.2, 0.25) is 0 Å². The minimum atomic E-state index is -5.92. The van der Waals surface area contributed by atoms with Gasteiger partial charge in [-0.25, -0.2) is 23.2 Å². The Morgan fingerprint density at radius 3 is 2.38 bits per heavy atom. The Labute approximate surface area is 435 Å². The first-order valence-corrected chi connectivity index (χ1v) is 28.8. The molecule has 76 heavy (non-hydrogen) atoms. The summed E-state index contributed by atoms with van der Waals surface area (Å²) in [6.45, 7) is 12.2. The molecular weight excluding hydrogens is 1050 g/mol. The fourth-order valence-corrected chi connectivity index (χ4v) is 13.4. The first-order chi connectivity index (χ1) is 35.4. The van der Waals surface area contributed by atoms with E-state index in [0.717, 1.165) is 52.0 Å². The predicted molar refractivity (Wildman–Crippen MR) is 271 cm³/mol. The van der Waals surface area contributed by atoms with Crippen molar-refractivity contribution in [1.29, 1.82) is 0 Å². The van der Waals surface area contributed by atoms with E-state index in [1.807, 2.05) is 29.2 Å². The van der Waals surface area contributed by atoms with Crippen LogP contribution in [0.3, 0.4) is 0 Å². The van der Waals surface area contributed by atoms with E-state index in [4.69, 9.17) is 14.4 Å². The molecule has 1 saturated heterocycles. The summed E-state index contributed by atoms with van der Waals surface area (Å²) in [7, 11) is -15.8. The lowest BCUT2D eigenvalue weighted by Gasteiger charge is -2.38. The lowest BCUT2D eigenvalue weighted by Crippen LogP contribution is -2.90. The van der Waals surface area contributed by atoms with Crippen molar-refractivity contribution in [2.24, 2.45) is 0 Å². The molecule has 9 N–H and O–H groups in total. The number of aliphatic hydroxyl groups is 2. The van der Waals surface area contributed by atoms with Crippen LogP contribution in [-0.4, -0.2) is 107 Å². The summed E-state index contributed by atoms with van der Waals surface area (Å²) >= 11 is 0. The molecule has 8 rings (SSSR count). The van der Waals surface area contributed by atoms with E-state index in [-0.39, 0.29) is 59.8 Å². The zero-order chi connectivity index (χ0) is 55.4. The highest BCUT2D eigenvalue weighted by atomic mass is 31.3. The molecule has 0 spiro atoms. The van der Waals surface area contributed by atoms with Gasteiger partial charge in [0.2, 0.25) is 11.3 Å². The van der Waals surface area contributed by atoms with Gasteiger partial charge in [0.1, 0.15) is 29.8 Å². The number of fused-ring (bicyclic) bond motifs is 4. The first-order valence-electron chi connectivity index (χ1n) is 24.3. The van der Waals surface area contributed by atoms with Crippen LogP contribution in [0.4, 0.5) is 5.69 Å². The monoisotopic (exact) mass is 1110 g/mol. The first kappa shape index (κ1) is 56.8. The zero-order valence-electron chi connectivity index (χ0n) is 42.5. The molecule has 5 heterocycles. The topological polar surface area (TPSA) is 352 Å². The Morgan fingerprint density at radius 2 is 1.66 bits per heavy atom. The third-order valence-electron chi connectivity index (χ3n) is 13.5. The van der Waals surface area contributed by atoms with Gasteiger partial charge in [-0.15, -0.1) is 0 Å². The number of H-pyrrole nitrogens is 1. The van der Waals surface area contributed by atoms with Crippen LogP contribution in [0.5, 0.6) is 11.5 Å². The minimum Gasteiger partial charge on any atom is -0.756 e. The maximum Gasteiger partial charge on any atom is 0.487 e. The number of anilines is 1. The number of amides is 2. The van der Waals surface area contributed by atoms with Gasteiger partial charge >= 0.3 is 21.3 Å². The molecule has 2 amide bonds. The molecule has 9 atom stereocenters. The second-order valence-electron chi connectivity index (χ2n) is 20.8. The molecular formula is C49H61N6O18P3. The minimum absolute atomic E-state index is 0.0379. The summed E-state index contributed by atoms with van der Waals surface area (Å²) in [5.74, 6) is 1.27. The van der Waals surface area contributed by atoms with Crippen molar-refractivity contribution in [3.05, 3.63) is 126 Å². The van der Waals surface area contributed by atoms with Crippen LogP contribution in [0.1, 0.15) is 123 Å². The second kappa shape index (κ2) is 21.4. The van der Waals surface area contributed by atoms with E-state index in [0.29, 0.717) is 28.1 Å². The SMILES string of the molecule is CC1CC(C)(C)Nc2cc3c(cc21)C(c1ccccc1C(=O)N(C)CCCC(=O)NC/C=C/c1cn([C@@H]2O[C@H](COP(=O)(O)OP(=O)(O)OP(=O)([O-])O)[C@@H](O)[C@H]2O)c(=O)[nH]c1=O)=c1cc2c(cc1O3)=[NH+]C(C)(C)CC2C. The van der Waals surface area contributed by atoms with Crippen LogP contribution >= 0.6 is 23.5 Å². The van der Waals surface area contributed by atoms with Crippen LogP contribution in [0, 0.1) is 0 Å². The van der Waals surface area contributed by atoms with Crippen molar-refractivity contribution in [3.63, 3.8) is 0 Å². The number of nitrogens with zero attached hydrogens (tertiary/aromatic N) is 2. The molecule has 24 nitrogen and oxygen atoms in total. The maximum atomic E-state index is 14.5. The van der Waals surface area contributed by atoms with E-state index >= 15 is 0 Å². The molecule has 0 bridgehead atoms. The Morgan fingerprint density at radius 1 is 0.947 bits per heavy atom. The van der Waals surface area contributed by atoms with Gasteiger partial charge in [0, 0.05) is 84.0 Å². The average Bonchev–Trinajstić information content (AvgIpc) is 3.57. The molecule has 4 aromatic rings. The average molecular weight is 1110 g/mol. The van der Waals surface area contributed by atoms with Gasteiger partial charge in [-0.3, -0.25) is 33.0 Å². The summed E-state index contributed by atoms with van der Waals surface area (Å²) in [5, 5.41) is 29.5. The van der Waals surface area contributed by atoms with E-state index in [9.17, 15) is 57.8 Å². The van der Waals surface area contributed by atoms with Gasteiger partial charge in [-0.2, -0.15) is 4.31 Å². The maximum absolute atomic E-state index is 14.5. The third kappa shape index (κ3) is 12.8. The molecule has 0 saturated carbocycles. The number of rotatable bonds is 17. The number of ether oxygens (including phenoxy) is 2. The summed E-state index contributed by atoms with van der Waals surface area (Å²) in [6, 6.07) is 16.1. The molecule has 5 unspecified atom stereocenters. The van der Waals surface area contributed by atoms with Crippen molar-refractivity contribution in [3.8, 4) is 11.5 Å². The summed E-state index contributed by atoms with van der Waals surface area (Å²) in [6.07, 6.45) is -1.49. The number of carbonyl (C=O) groups is 2. The van der Waals surface area contributed by atoms with Gasteiger partial charge in [0.25, 0.3) is 19.3 Å². The molecule has 1 aromatic heterocycles. The molecule has 4 aliphatic heterocycles. The Kier molecular flexibility index (Phi) is 16.0. The number of aromatic nitrogens is 2. The zero-order valence-corrected chi connectivity index (χ0v) is 45.2. The lowest BCUT2D eigenvalue weighted by atomic mass is 9.79. The van der Waals surface area contributed by atoms with Crippen LogP contribution in [0.25, 0.3) is 11.6 Å². The van der Waals surface area contributed by atoms with E-state index in [2.05, 4.69) is 94.6 Å². The highest BCUT2D eigenvalue weighted by Crippen LogP contribution is 2.65. The smallest absolute Gasteiger partial charge is 0.487 e. The number of hydrogen-bond donors (Lipinski definition) is 9. The van der Waals surface area contributed by atoms with Gasteiger partial charge in [-0.1, -0.05) is 44.2 Å². The molecule has 0 radical (unpaired) electrons. The molecule has 3 aromatic carbocycles. The Hall–Kier alpha value is -5.42. The number of benzene rings is 3. The van der Waals surface area contributed by atoms with Crippen molar-refractivity contribution < 1.29 is 80.7 Å². The van der Waals surface area contributed by atoms with Crippen LogP contribution in [-0.2, 0) is 36.4 Å². The predicted octanol–water partition coefficient (Wildman–Crippen LogP) is 1.59. The Balaban J connectivity index is 0.920. The van der Waals surface area contributed by atoms with Crippen molar-refractivity contribution in [2.45, 2.75) is 115 Å². The summed E-state index contributed by atoms with van der Waals surface area (Å²) < 4.78 is 59.0. The number of carbonyl (C=O) groups excluding carboxylic acids is 2. The number of aliphatic hydroxyl groups excluding tert-OH is 2. The number of phosphoric acid groups is 3. The van der Waals surface area contributed by atoms with E-state index < -0.39 is 65.9 Å². The third-order valence-corrected chi connectivity index (χ3v) is 17.3. The number of hydrogen-bond acceptors (Lipinski definition) is 16. The van der Waals surface area contributed by atoms with Crippen molar-refractivity contribution in [1.82, 2.24) is 19.8 Å². The van der Waals surface area contributed by atoms with Crippen LogP contribution < -0.4 is 47.1 Å². The highest BCUT2D eigenvalue weighted by Gasteiger charge is 2.47. The van der Waals surface area contributed by atoms with E-state index in [1.54, 1.807) is 11.9 Å². The second-order valence-corrected chi connectivity index (χ2v) is 25.2. The number of phosphoric ester groups is 1. The quantitative estimate of drug-likeness (QED) is 0.0597. The molecule has 410 valence electrons. The van der Waals surface area contributed by atoms with E-state index in [1.165, 1.54) is 23.3 Å².